The maximum Gasteiger partial charge on any atom is 0.416 e. The van der Waals surface area contributed by atoms with E-state index < -0.39 is 46.8 Å². The normalized spacial score (nSPS) is 12.7. The van der Waals surface area contributed by atoms with Crippen LogP contribution in [0.3, 0.4) is 0 Å². The molecular weight excluding hydrogens is 441 g/mol. The molecular formula is C22H33F3N4O4. The van der Waals surface area contributed by atoms with E-state index in [1.54, 1.807) is 7.05 Å². The van der Waals surface area contributed by atoms with Crippen LogP contribution < -0.4 is 5.73 Å². The molecule has 0 bridgehead atoms. The molecule has 186 valence electrons. The lowest BCUT2D eigenvalue weighted by molar-refractivity contribution is -0.137. The van der Waals surface area contributed by atoms with Gasteiger partial charge in [-0.25, -0.2) is 4.79 Å². The Bertz CT molecular complexity index is 845. The summed E-state index contributed by atoms with van der Waals surface area (Å²) in [4.78, 5) is 42.1. The van der Waals surface area contributed by atoms with Gasteiger partial charge >= 0.3 is 12.2 Å². The molecule has 0 heterocycles. The van der Waals surface area contributed by atoms with Crippen molar-refractivity contribution in [2.75, 3.05) is 26.8 Å². The van der Waals surface area contributed by atoms with Gasteiger partial charge in [0.1, 0.15) is 0 Å². The summed E-state index contributed by atoms with van der Waals surface area (Å²) in [5.74, 6) is -2.17. The standard InChI is InChI=1S/C22H33F3N4O4/c1-6-8-16(30)12-28(13-27(5)14(3)4)21(33)29(7-2)20(32)18-11-15(22(23,24)25)9-10-17(18)19(26)31/h9-11,14,16,30H,6-8,12-13H2,1-5H3,(H2,26,31)/t16-/m1/s1. The van der Waals surface area contributed by atoms with Crippen LogP contribution in [0, 0.1) is 0 Å². The fourth-order valence-electron chi connectivity index (χ4n) is 3.10. The van der Waals surface area contributed by atoms with Gasteiger partial charge < -0.3 is 15.7 Å². The molecule has 1 aromatic rings. The van der Waals surface area contributed by atoms with E-state index in [1.165, 1.54) is 11.8 Å². The number of rotatable bonds is 10. The van der Waals surface area contributed by atoms with Crippen LogP contribution in [0.15, 0.2) is 18.2 Å². The number of carbonyl (C=O) groups excluding carboxylic acids is 3. The predicted octanol–water partition coefficient (Wildman–Crippen LogP) is 3.15. The zero-order valence-electron chi connectivity index (χ0n) is 19.6. The van der Waals surface area contributed by atoms with Crippen LogP contribution in [0.5, 0.6) is 0 Å². The molecule has 0 unspecified atom stereocenters. The average Bonchev–Trinajstić information content (AvgIpc) is 2.72. The summed E-state index contributed by atoms with van der Waals surface area (Å²) in [6, 6.07) is 1.25. The lowest BCUT2D eigenvalue weighted by Crippen LogP contribution is -2.52. The summed E-state index contributed by atoms with van der Waals surface area (Å²) in [5, 5.41) is 10.3. The van der Waals surface area contributed by atoms with Crippen molar-refractivity contribution in [3.63, 3.8) is 0 Å². The van der Waals surface area contributed by atoms with Crippen LogP contribution in [-0.2, 0) is 6.18 Å². The van der Waals surface area contributed by atoms with E-state index in [2.05, 4.69) is 0 Å². The second-order valence-corrected chi connectivity index (χ2v) is 8.11. The van der Waals surface area contributed by atoms with Crippen LogP contribution in [0.4, 0.5) is 18.0 Å². The van der Waals surface area contributed by atoms with Gasteiger partial charge in [0, 0.05) is 19.1 Å². The molecule has 4 amide bonds. The Balaban J connectivity index is 3.40. The molecule has 0 saturated carbocycles. The first-order chi connectivity index (χ1) is 15.2. The van der Waals surface area contributed by atoms with Gasteiger partial charge in [-0.1, -0.05) is 13.3 Å². The van der Waals surface area contributed by atoms with Gasteiger partial charge in [0.15, 0.2) is 0 Å². The summed E-state index contributed by atoms with van der Waals surface area (Å²) in [6.07, 6.45) is -4.51. The number of hydrogen-bond donors (Lipinski definition) is 2. The molecule has 33 heavy (non-hydrogen) atoms. The molecule has 0 aliphatic carbocycles. The van der Waals surface area contributed by atoms with Crippen molar-refractivity contribution in [2.45, 2.75) is 58.9 Å². The van der Waals surface area contributed by atoms with Crippen LogP contribution in [0.2, 0.25) is 0 Å². The van der Waals surface area contributed by atoms with E-state index in [0.29, 0.717) is 25.0 Å². The minimum absolute atomic E-state index is 0.0410. The van der Waals surface area contributed by atoms with Crippen molar-refractivity contribution in [1.82, 2.24) is 14.7 Å². The Hall–Kier alpha value is -2.66. The van der Waals surface area contributed by atoms with Gasteiger partial charge in [-0.3, -0.25) is 19.4 Å². The molecule has 0 fully saturated rings. The quantitative estimate of drug-likeness (QED) is 0.507. The summed E-state index contributed by atoms with van der Waals surface area (Å²) in [5.41, 5.74) is 3.08. The van der Waals surface area contributed by atoms with Crippen LogP contribution in [0.1, 0.15) is 66.8 Å². The van der Waals surface area contributed by atoms with Crippen LogP contribution in [0.25, 0.3) is 0 Å². The van der Waals surface area contributed by atoms with E-state index >= 15 is 0 Å². The Labute approximate surface area is 192 Å². The molecule has 1 aromatic carbocycles. The summed E-state index contributed by atoms with van der Waals surface area (Å²) >= 11 is 0. The predicted molar refractivity (Wildman–Crippen MR) is 117 cm³/mol. The Morgan fingerprint density at radius 2 is 1.73 bits per heavy atom. The molecule has 0 aromatic heterocycles. The topological polar surface area (TPSA) is 107 Å². The number of amides is 4. The molecule has 1 rings (SSSR count). The number of aliphatic hydroxyl groups excluding tert-OH is 1. The Kier molecular flexibility index (Phi) is 10.3. The maximum absolute atomic E-state index is 13.3. The summed E-state index contributed by atoms with van der Waals surface area (Å²) in [7, 11) is 1.76. The van der Waals surface area contributed by atoms with Crippen molar-refractivity contribution < 1.29 is 32.7 Å². The number of carbonyl (C=O) groups is 3. The summed E-state index contributed by atoms with van der Waals surface area (Å²) in [6.45, 7) is 6.99. The molecule has 0 spiro atoms. The Morgan fingerprint density at radius 1 is 1.12 bits per heavy atom. The molecule has 0 saturated heterocycles. The van der Waals surface area contributed by atoms with Gasteiger partial charge in [0.2, 0.25) is 5.91 Å². The molecule has 0 aliphatic heterocycles. The number of hydrogen-bond acceptors (Lipinski definition) is 5. The number of primary amides is 1. The van der Waals surface area contributed by atoms with Gasteiger partial charge in [0.25, 0.3) is 5.91 Å². The van der Waals surface area contributed by atoms with Crippen molar-refractivity contribution in [3.8, 4) is 0 Å². The lowest BCUT2D eigenvalue weighted by atomic mass is 10.0. The number of aliphatic hydroxyl groups is 1. The van der Waals surface area contributed by atoms with Gasteiger partial charge in [-0.2, -0.15) is 13.2 Å². The van der Waals surface area contributed by atoms with E-state index in [0.717, 1.165) is 11.0 Å². The molecule has 0 aliphatic rings. The van der Waals surface area contributed by atoms with Crippen LogP contribution >= 0.6 is 0 Å². The third-order valence-corrected chi connectivity index (χ3v) is 5.23. The first-order valence-electron chi connectivity index (χ1n) is 10.7. The van der Waals surface area contributed by atoms with Crippen molar-refractivity contribution >= 4 is 17.8 Å². The molecule has 8 nitrogen and oxygen atoms in total. The van der Waals surface area contributed by atoms with E-state index in [-0.39, 0.29) is 25.8 Å². The average molecular weight is 475 g/mol. The highest BCUT2D eigenvalue weighted by Gasteiger charge is 2.35. The zero-order chi connectivity index (χ0) is 25.5. The largest absolute Gasteiger partial charge is 0.416 e. The minimum atomic E-state index is -4.76. The number of imide groups is 1. The highest BCUT2D eigenvalue weighted by atomic mass is 19.4. The fraction of sp³-hybridized carbons (Fsp3) is 0.591. The van der Waals surface area contributed by atoms with Crippen molar-refractivity contribution in [2.24, 2.45) is 5.73 Å². The monoisotopic (exact) mass is 474 g/mol. The first-order valence-corrected chi connectivity index (χ1v) is 10.7. The number of alkyl halides is 3. The smallest absolute Gasteiger partial charge is 0.391 e. The van der Waals surface area contributed by atoms with Crippen LogP contribution in [-0.4, -0.2) is 76.6 Å². The molecule has 0 radical (unpaired) electrons. The first kappa shape index (κ1) is 28.4. The molecule has 3 N–H and O–H groups in total. The summed E-state index contributed by atoms with van der Waals surface area (Å²) < 4.78 is 39.7. The van der Waals surface area contributed by atoms with E-state index in [9.17, 15) is 32.7 Å². The second kappa shape index (κ2) is 12.0. The van der Waals surface area contributed by atoms with Crippen molar-refractivity contribution in [1.29, 1.82) is 0 Å². The number of benzene rings is 1. The second-order valence-electron chi connectivity index (χ2n) is 8.11. The van der Waals surface area contributed by atoms with E-state index in [4.69, 9.17) is 5.73 Å². The van der Waals surface area contributed by atoms with Gasteiger partial charge in [-0.05, 0) is 52.4 Å². The molecule has 1 atom stereocenters. The highest BCUT2D eigenvalue weighted by molar-refractivity contribution is 6.11. The third kappa shape index (κ3) is 7.71. The van der Waals surface area contributed by atoms with Gasteiger partial charge in [-0.15, -0.1) is 0 Å². The number of nitrogens with zero attached hydrogens (tertiary/aromatic N) is 3. The number of nitrogens with two attached hydrogens (primary N) is 1. The molecule has 11 heteroatoms. The fourth-order valence-corrected chi connectivity index (χ4v) is 3.10. The van der Waals surface area contributed by atoms with Gasteiger partial charge in [0.05, 0.1) is 29.5 Å². The third-order valence-electron chi connectivity index (χ3n) is 5.23. The number of urea groups is 1. The maximum atomic E-state index is 13.3. The lowest BCUT2D eigenvalue weighted by Gasteiger charge is -2.34. The number of halogens is 3. The Morgan fingerprint density at radius 3 is 2.18 bits per heavy atom. The zero-order valence-corrected chi connectivity index (χ0v) is 19.6. The van der Waals surface area contributed by atoms with E-state index in [1.807, 2.05) is 25.7 Å². The highest BCUT2D eigenvalue weighted by Crippen LogP contribution is 2.31. The van der Waals surface area contributed by atoms with Crippen molar-refractivity contribution in [3.05, 3.63) is 34.9 Å². The minimum Gasteiger partial charge on any atom is -0.391 e. The SMILES string of the molecule is CCC[C@@H](O)CN(CN(C)C(C)C)C(=O)N(CC)C(=O)c1cc(C(F)(F)F)ccc1C(N)=O.